The number of hydrogen-bond acceptors (Lipinski definition) is 0. The lowest BCUT2D eigenvalue weighted by atomic mass is 9.93. The molecule has 0 unspecified atom stereocenters. The van der Waals surface area contributed by atoms with Crippen LogP contribution in [0.1, 0.15) is 0 Å². The zero-order chi connectivity index (χ0) is 13.7. The number of benzene rings is 2. The molecule has 0 aliphatic rings. The molecule has 2 aromatic heterocycles. The van der Waals surface area contributed by atoms with Gasteiger partial charge in [-0.15, -0.1) is 0 Å². The smallest absolute Gasteiger partial charge is 0.113 e. The molecule has 0 bridgehead atoms. The summed E-state index contributed by atoms with van der Waals surface area (Å²) in [5.41, 5.74) is 5.34. The fourth-order valence-corrected chi connectivity index (χ4v) is 3.04. The Kier molecular flexibility index (Phi) is 2.54. The maximum absolute atomic E-state index is 5.91. The van der Waals surface area contributed by atoms with Crippen LogP contribution in [-0.4, -0.2) is 17.8 Å². The van der Waals surface area contributed by atoms with Crippen LogP contribution in [0.25, 0.3) is 32.9 Å². The Labute approximate surface area is 125 Å². The van der Waals surface area contributed by atoms with Crippen molar-refractivity contribution in [3.8, 4) is 11.1 Å². The molecule has 4 heteroatoms. The van der Waals surface area contributed by atoms with E-state index in [4.69, 9.17) is 7.85 Å². The second-order valence-corrected chi connectivity index (χ2v) is 5.82. The predicted molar refractivity (Wildman–Crippen MR) is 88.7 cm³/mol. The van der Waals surface area contributed by atoms with Gasteiger partial charge in [-0.3, -0.25) is 0 Å². The van der Waals surface area contributed by atoms with Gasteiger partial charge in [0.25, 0.3) is 0 Å². The average Bonchev–Trinajstić information content (AvgIpc) is 3.01. The number of aromatic nitrogens is 2. The van der Waals surface area contributed by atoms with Crippen molar-refractivity contribution in [3.05, 3.63) is 53.3 Å². The van der Waals surface area contributed by atoms with Crippen molar-refractivity contribution in [2.45, 2.75) is 0 Å². The van der Waals surface area contributed by atoms with E-state index in [1.807, 2.05) is 36.7 Å². The van der Waals surface area contributed by atoms with Gasteiger partial charge in [-0.05, 0) is 24.3 Å². The zero-order valence-corrected chi connectivity index (χ0v) is 12.2. The fourth-order valence-electron chi connectivity index (χ4n) is 2.68. The van der Waals surface area contributed by atoms with E-state index in [1.54, 1.807) is 0 Å². The van der Waals surface area contributed by atoms with E-state index >= 15 is 0 Å². The third kappa shape index (κ3) is 1.72. The maximum Gasteiger partial charge on any atom is 0.113 e. The van der Waals surface area contributed by atoms with Gasteiger partial charge in [0, 0.05) is 49.8 Å². The minimum Gasteiger partial charge on any atom is -0.361 e. The van der Waals surface area contributed by atoms with Crippen molar-refractivity contribution in [1.82, 2.24) is 9.97 Å². The van der Waals surface area contributed by atoms with E-state index < -0.39 is 0 Å². The van der Waals surface area contributed by atoms with Crippen LogP contribution in [0.5, 0.6) is 0 Å². The van der Waals surface area contributed by atoms with Crippen LogP contribution in [0.4, 0.5) is 0 Å². The number of nitrogens with one attached hydrogen (secondary N) is 2. The highest BCUT2D eigenvalue weighted by atomic mass is 79.9. The van der Waals surface area contributed by atoms with Gasteiger partial charge in [0.15, 0.2) is 0 Å². The Hall–Kier alpha value is -1.94. The number of hydrogen-bond donors (Lipinski definition) is 2. The van der Waals surface area contributed by atoms with Gasteiger partial charge in [-0.1, -0.05) is 33.5 Å². The van der Waals surface area contributed by atoms with Gasteiger partial charge in [-0.25, -0.2) is 0 Å². The van der Waals surface area contributed by atoms with Crippen LogP contribution in [0, 0.1) is 0 Å². The minimum atomic E-state index is 0.777. The Bertz CT molecular complexity index is 858. The molecular formula is C16H10BBrN2. The molecule has 2 aromatic carbocycles. The minimum absolute atomic E-state index is 0.777. The highest BCUT2D eigenvalue weighted by Crippen LogP contribution is 2.34. The summed E-state index contributed by atoms with van der Waals surface area (Å²) in [4.78, 5) is 6.62. The molecule has 2 heterocycles. The summed E-state index contributed by atoms with van der Waals surface area (Å²) in [7, 11) is 5.91. The number of fused-ring (bicyclic) bond motifs is 2. The molecule has 4 rings (SSSR count). The molecule has 2 N–H and O–H groups in total. The summed E-state index contributed by atoms with van der Waals surface area (Å²) in [5.74, 6) is 0. The van der Waals surface area contributed by atoms with E-state index in [0.717, 1.165) is 31.9 Å². The molecule has 20 heavy (non-hydrogen) atoms. The Morgan fingerprint density at radius 2 is 1.40 bits per heavy atom. The molecule has 0 saturated heterocycles. The molecule has 0 saturated carbocycles. The van der Waals surface area contributed by atoms with Crippen molar-refractivity contribution in [1.29, 1.82) is 0 Å². The maximum atomic E-state index is 5.91. The van der Waals surface area contributed by atoms with Crippen LogP contribution >= 0.6 is 15.9 Å². The van der Waals surface area contributed by atoms with E-state index in [1.165, 1.54) is 10.9 Å². The molecule has 0 aliphatic heterocycles. The van der Waals surface area contributed by atoms with Crippen molar-refractivity contribution < 1.29 is 0 Å². The Morgan fingerprint density at radius 3 is 2.10 bits per heavy atom. The van der Waals surface area contributed by atoms with Gasteiger partial charge in [-0.2, -0.15) is 0 Å². The summed E-state index contributed by atoms with van der Waals surface area (Å²) in [6, 6.07) is 12.2. The molecule has 94 valence electrons. The summed E-state index contributed by atoms with van der Waals surface area (Å²) < 4.78 is 1.07. The summed E-state index contributed by atoms with van der Waals surface area (Å²) in [5, 5.41) is 2.34. The van der Waals surface area contributed by atoms with Crippen LogP contribution in [0.2, 0.25) is 0 Å². The molecule has 0 fully saturated rings. The predicted octanol–water partition coefficient (Wildman–Crippen LogP) is 3.87. The van der Waals surface area contributed by atoms with Gasteiger partial charge in [0.05, 0.1) is 0 Å². The van der Waals surface area contributed by atoms with E-state index in [-0.39, 0.29) is 0 Å². The summed E-state index contributed by atoms with van der Waals surface area (Å²) in [6.45, 7) is 0. The normalized spacial score (nSPS) is 11.4. The number of rotatable bonds is 1. The van der Waals surface area contributed by atoms with Gasteiger partial charge in [0.1, 0.15) is 7.85 Å². The zero-order valence-electron chi connectivity index (χ0n) is 10.6. The topological polar surface area (TPSA) is 31.6 Å². The third-order valence-electron chi connectivity index (χ3n) is 3.64. The SMILES string of the molecule is [B]c1ccc2[nH]cc(-c3c[nH]c4ccc(Br)cc34)c2c1. The quantitative estimate of drug-likeness (QED) is 0.499. The number of H-pyrrole nitrogens is 2. The lowest BCUT2D eigenvalue weighted by molar-refractivity contribution is 1.46. The van der Waals surface area contributed by atoms with Crippen molar-refractivity contribution >= 4 is 51.0 Å². The number of halogens is 1. The molecule has 0 spiro atoms. The highest BCUT2D eigenvalue weighted by molar-refractivity contribution is 9.10. The van der Waals surface area contributed by atoms with E-state index in [9.17, 15) is 0 Å². The molecule has 0 atom stereocenters. The summed E-state index contributed by atoms with van der Waals surface area (Å²) in [6.07, 6.45) is 4.08. The lowest BCUT2D eigenvalue weighted by Gasteiger charge is -2.00. The molecule has 4 aromatic rings. The average molecular weight is 321 g/mol. The van der Waals surface area contributed by atoms with Gasteiger partial charge in [0.2, 0.25) is 0 Å². The lowest BCUT2D eigenvalue weighted by Crippen LogP contribution is -1.99. The van der Waals surface area contributed by atoms with Crippen LogP contribution in [0.15, 0.2) is 53.3 Å². The highest BCUT2D eigenvalue weighted by Gasteiger charge is 2.11. The van der Waals surface area contributed by atoms with Crippen LogP contribution < -0.4 is 5.46 Å². The van der Waals surface area contributed by atoms with E-state index in [0.29, 0.717) is 0 Å². The second-order valence-electron chi connectivity index (χ2n) is 4.90. The Morgan fingerprint density at radius 1 is 0.800 bits per heavy atom. The number of aromatic amines is 2. The molecule has 0 amide bonds. The molecule has 2 radical (unpaired) electrons. The van der Waals surface area contributed by atoms with Crippen molar-refractivity contribution in [2.75, 3.05) is 0 Å². The first-order chi connectivity index (χ1) is 9.72. The first-order valence-electron chi connectivity index (χ1n) is 6.36. The monoisotopic (exact) mass is 320 g/mol. The van der Waals surface area contributed by atoms with Crippen molar-refractivity contribution in [2.24, 2.45) is 0 Å². The summed E-state index contributed by atoms with van der Waals surface area (Å²) >= 11 is 3.53. The third-order valence-corrected chi connectivity index (χ3v) is 4.13. The molecule has 2 nitrogen and oxygen atoms in total. The fraction of sp³-hybridized carbons (Fsp3) is 0. The molecule has 0 aliphatic carbocycles. The van der Waals surface area contributed by atoms with Crippen molar-refractivity contribution in [3.63, 3.8) is 0 Å². The van der Waals surface area contributed by atoms with Gasteiger partial charge < -0.3 is 9.97 Å². The second kappa shape index (κ2) is 4.28. The van der Waals surface area contributed by atoms with Crippen LogP contribution in [0.3, 0.4) is 0 Å². The van der Waals surface area contributed by atoms with Crippen LogP contribution in [-0.2, 0) is 0 Å². The largest absolute Gasteiger partial charge is 0.361 e. The molecular weight excluding hydrogens is 311 g/mol. The Balaban J connectivity index is 2.06. The first kappa shape index (κ1) is 11.9. The first-order valence-corrected chi connectivity index (χ1v) is 7.15. The van der Waals surface area contributed by atoms with Gasteiger partial charge >= 0.3 is 0 Å². The van der Waals surface area contributed by atoms with E-state index in [2.05, 4.69) is 38.0 Å². The standard InChI is InChI=1S/C16H10BBrN2/c17-9-1-3-15-11(5-9)13(7-19-15)14-8-20-16-4-2-10(18)6-12(14)16/h1-8,19-20H.